The van der Waals surface area contributed by atoms with Crippen LogP contribution in [0.3, 0.4) is 0 Å². The maximum absolute atomic E-state index is 12.2. The van der Waals surface area contributed by atoms with Gasteiger partial charge in [-0.3, -0.25) is 10.1 Å². The van der Waals surface area contributed by atoms with Gasteiger partial charge in [-0.1, -0.05) is 49.1 Å². The molecule has 1 N–H and O–H groups in total. The number of benzene rings is 1. The molecule has 1 aromatic rings. The van der Waals surface area contributed by atoms with E-state index >= 15 is 0 Å². The number of carbonyl (C=O) groups is 2. The van der Waals surface area contributed by atoms with Crippen LogP contribution < -0.4 is 5.32 Å². The van der Waals surface area contributed by atoms with Crippen LogP contribution in [0, 0.1) is 6.92 Å². The van der Waals surface area contributed by atoms with Crippen LogP contribution in [0.25, 0.3) is 0 Å². The van der Waals surface area contributed by atoms with Crippen LogP contribution in [0.4, 0.5) is 4.79 Å². The smallest absolute Gasteiger partial charge is 0.305 e. The number of imide groups is 1. The Morgan fingerprint density at radius 1 is 1.10 bits per heavy atom. The van der Waals surface area contributed by atoms with Crippen LogP contribution in [0.1, 0.15) is 43.2 Å². The van der Waals surface area contributed by atoms with Crippen LogP contribution in [0.15, 0.2) is 24.3 Å². The number of urea groups is 1. The first-order valence-corrected chi connectivity index (χ1v) is 7.30. The van der Waals surface area contributed by atoms with E-state index in [0.717, 1.165) is 37.7 Å². The highest BCUT2D eigenvalue weighted by Gasteiger charge is 2.52. The van der Waals surface area contributed by atoms with Crippen molar-refractivity contribution in [1.29, 1.82) is 0 Å². The van der Waals surface area contributed by atoms with Crippen LogP contribution in [0.5, 0.6) is 0 Å². The first-order chi connectivity index (χ1) is 9.62. The minimum atomic E-state index is -0.597. The van der Waals surface area contributed by atoms with Gasteiger partial charge < -0.3 is 4.90 Å². The van der Waals surface area contributed by atoms with Crippen molar-refractivity contribution < 1.29 is 9.59 Å². The lowest BCUT2D eigenvalue weighted by Crippen LogP contribution is -2.50. The zero-order valence-electron chi connectivity index (χ0n) is 11.8. The quantitative estimate of drug-likeness (QED) is 0.842. The predicted molar refractivity (Wildman–Crippen MR) is 76.1 cm³/mol. The highest BCUT2D eigenvalue weighted by atomic mass is 16.2. The molecule has 0 aromatic heterocycles. The van der Waals surface area contributed by atoms with Gasteiger partial charge in [-0.2, -0.15) is 0 Å². The Labute approximate surface area is 119 Å². The van der Waals surface area contributed by atoms with Crippen molar-refractivity contribution in [1.82, 2.24) is 10.2 Å². The fourth-order valence-electron chi connectivity index (χ4n) is 3.33. The van der Waals surface area contributed by atoms with E-state index in [1.807, 2.05) is 31.2 Å². The van der Waals surface area contributed by atoms with Gasteiger partial charge in [0.25, 0.3) is 5.91 Å². The number of hydrogen-bond acceptors (Lipinski definition) is 2. The van der Waals surface area contributed by atoms with Crippen molar-refractivity contribution in [2.75, 3.05) is 0 Å². The number of nitrogens with one attached hydrogen (secondary N) is 1. The Hall–Kier alpha value is -1.84. The van der Waals surface area contributed by atoms with Crippen molar-refractivity contribution in [3.05, 3.63) is 35.4 Å². The maximum atomic E-state index is 12.2. The molecule has 1 aromatic carbocycles. The average molecular weight is 272 g/mol. The topological polar surface area (TPSA) is 49.4 Å². The molecular formula is C16H20N2O2. The third-order valence-corrected chi connectivity index (χ3v) is 4.55. The van der Waals surface area contributed by atoms with E-state index in [-0.39, 0.29) is 11.9 Å². The van der Waals surface area contributed by atoms with E-state index in [0.29, 0.717) is 6.54 Å². The van der Waals surface area contributed by atoms with E-state index in [1.54, 1.807) is 4.90 Å². The molecule has 2 aliphatic rings. The van der Waals surface area contributed by atoms with Crippen LogP contribution in [0.2, 0.25) is 0 Å². The predicted octanol–water partition coefficient (Wildman–Crippen LogP) is 2.75. The molecule has 106 valence electrons. The van der Waals surface area contributed by atoms with E-state index in [4.69, 9.17) is 0 Å². The molecular weight excluding hydrogens is 252 g/mol. The second kappa shape index (κ2) is 4.93. The molecule has 1 heterocycles. The number of aryl methyl sites for hydroxylation is 1. The maximum Gasteiger partial charge on any atom is 0.325 e. The van der Waals surface area contributed by atoms with Crippen LogP contribution >= 0.6 is 0 Å². The summed E-state index contributed by atoms with van der Waals surface area (Å²) in [6.45, 7) is 2.55. The number of amides is 3. The van der Waals surface area contributed by atoms with Gasteiger partial charge in [0.2, 0.25) is 0 Å². The molecule has 0 radical (unpaired) electrons. The summed E-state index contributed by atoms with van der Waals surface area (Å²) in [6, 6.07) is 7.90. The van der Waals surface area contributed by atoms with Gasteiger partial charge in [0.15, 0.2) is 0 Å². The van der Waals surface area contributed by atoms with Gasteiger partial charge in [-0.05, 0) is 25.3 Å². The molecule has 4 heteroatoms. The normalized spacial score (nSPS) is 21.4. The Balaban J connectivity index is 1.87. The van der Waals surface area contributed by atoms with Crippen molar-refractivity contribution in [3.8, 4) is 0 Å². The summed E-state index contributed by atoms with van der Waals surface area (Å²) >= 11 is 0. The van der Waals surface area contributed by atoms with Crippen LogP contribution in [-0.4, -0.2) is 22.4 Å². The average Bonchev–Trinajstić information content (AvgIpc) is 2.67. The summed E-state index contributed by atoms with van der Waals surface area (Å²) in [4.78, 5) is 26.1. The third-order valence-electron chi connectivity index (χ3n) is 4.55. The summed E-state index contributed by atoms with van der Waals surface area (Å²) in [5.41, 5.74) is 1.67. The lowest BCUT2D eigenvalue weighted by atomic mass is 9.80. The van der Waals surface area contributed by atoms with Gasteiger partial charge in [-0.25, -0.2) is 4.79 Å². The van der Waals surface area contributed by atoms with Gasteiger partial charge >= 0.3 is 6.03 Å². The van der Waals surface area contributed by atoms with E-state index in [2.05, 4.69) is 5.32 Å². The van der Waals surface area contributed by atoms with E-state index < -0.39 is 5.54 Å². The number of rotatable bonds is 2. The molecule has 4 nitrogen and oxygen atoms in total. The van der Waals surface area contributed by atoms with Gasteiger partial charge in [0.1, 0.15) is 5.54 Å². The highest BCUT2D eigenvalue weighted by Crippen LogP contribution is 2.37. The molecule has 20 heavy (non-hydrogen) atoms. The first-order valence-electron chi connectivity index (χ1n) is 7.30. The van der Waals surface area contributed by atoms with E-state index in [1.165, 1.54) is 5.56 Å². The van der Waals surface area contributed by atoms with Crippen molar-refractivity contribution in [3.63, 3.8) is 0 Å². The molecule has 1 saturated carbocycles. The molecule has 3 rings (SSSR count). The summed E-state index contributed by atoms with van der Waals surface area (Å²) in [5.74, 6) is -0.102. The summed E-state index contributed by atoms with van der Waals surface area (Å²) in [7, 11) is 0. The Morgan fingerprint density at radius 3 is 2.40 bits per heavy atom. The fourth-order valence-corrected chi connectivity index (χ4v) is 3.33. The van der Waals surface area contributed by atoms with Crippen molar-refractivity contribution in [2.45, 2.75) is 51.1 Å². The minimum Gasteiger partial charge on any atom is -0.305 e. The second-order valence-electron chi connectivity index (χ2n) is 5.92. The van der Waals surface area contributed by atoms with Gasteiger partial charge in [-0.15, -0.1) is 0 Å². The van der Waals surface area contributed by atoms with Crippen molar-refractivity contribution >= 4 is 11.9 Å². The first kappa shape index (κ1) is 13.2. The van der Waals surface area contributed by atoms with Crippen molar-refractivity contribution in [2.24, 2.45) is 0 Å². The van der Waals surface area contributed by atoms with Gasteiger partial charge in [0.05, 0.1) is 0 Å². The molecule has 0 bridgehead atoms. The SMILES string of the molecule is Cc1ccc(CN2C(=O)NC(=O)C23CCCCC3)cc1. The third kappa shape index (κ3) is 2.09. The Bertz CT molecular complexity index is 530. The monoisotopic (exact) mass is 272 g/mol. The zero-order chi connectivity index (χ0) is 14.2. The highest BCUT2D eigenvalue weighted by molar-refractivity contribution is 6.07. The van der Waals surface area contributed by atoms with Gasteiger partial charge in [0, 0.05) is 6.54 Å². The zero-order valence-corrected chi connectivity index (χ0v) is 11.8. The minimum absolute atomic E-state index is 0.102. The molecule has 0 unspecified atom stereocenters. The molecule has 1 aliphatic heterocycles. The number of carbonyl (C=O) groups excluding carboxylic acids is 2. The molecule has 1 aliphatic carbocycles. The Kier molecular flexibility index (Phi) is 3.24. The largest absolute Gasteiger partial charge is 0.325 e. The summed E-state index contributed by atoms with van der Waals surface area (Å²) in [5, 5.41) is 2.51. The lowest BCUT2D eigenvalue weighted by molar-refractivity contribution is -0.128. The Morgan fingerprint density at radius 2 is 1.75 bits per heavy atom. The number of nitrogens with zero attached hydrogens (tertiary/aromatic N) is 1. The standard InChI is InChI=1S/C16H20N2O2/c1-12-5-7-13(8-6-12)11-18-15(20)17-14(19)16(18)9-3-2-4-10-16/h5-8H,2-4,9-11H2,1H3,(H,17,19,20). The molecule has 3 amide bonds. The summed E-state index contributed by atoms with van der Waals surface area (Å²) < 4.78 is 0. The fraction of sp³-hybridized carbons (Fsp3) is 0.500. The lowest BCUT2D eigenvalue weighted by Gasteiger charge is -2.38. The molecule has 2 fully saturated rings. The van der Waals surface area contributed by atoms with Crippen LogP contribution in [-0.2, 0) is 11.3 Å². The molecule has 0 atom stereocenters. The molecule has 1 saturated heterocycles. The van der Waals surface area contributed by atoms with E-state index in [9.17, 15) is 9.59 Å². The second-order valence-corrected chi connectivity index (χ2v) is 5.92. The molecule has 1 spiro atoms. The number of hydrogen-bond donors (Lipinski definition) is 1. The summed E-state index contributed by atoms with van der Waals surface area (Å²) in [6.07, 6.45) is 4.77.